The molecular weight excluding hydrogens is 252 g/mol. The lowest BCUT2D eigenvalue weighted by Crippen LogP contribution is -2.67. The van der Waals surface area contributed by atoms with E-state index in [1.807, 2.05) is 39.5 Å². The van der Waals surface area contributed by atoms with Gasteiger partial charge in [-0.1, -0.05) is 47.5 Å². The molecule has 0 bridgehead atoms. The second-order valence-electron chi connectivity index (χ2n) is 7.76. The van der Waals surface area contributed by atoms with E-state index in [0.717, 1.165) is 18.9 Å². The maximum atomic E-state index is 12.7. The molecule has 1 aliphatic carbocycles. The predicted molar refractivity (Wildman–Crippen MR) is 79.1 cm³/mol. The zero-order valence-electron chi connectivity index (χ0n) is 13.4. The average molecular weight is 280 g/mol. The fourth-order valence-electron chi connectivity index (χ4n) is 3.02. The van der Waals surface area contributed by atoms with Gasteiger partial charge in [0.1, 0.15) is 12.1 Å². The highest BCUT2D eigenvalue weighted by Crippen LogP contribution is 2.35. The molecule has 2 amide bonds. The fraction of sp³-hybridized carbons (Fsp3) is 0.875. The maximum absolute atomic E-state index is 12.7. The van der Waals surface area contributed by atoms with E-state index >= 15 is 0 Å². The Morgan fingerprint density at radius 2 is 1.85 bits per heavy atom. The molecule has 1 saturated heterocycles. The molecule has 20 heavy (non-hydrogen) atoms. The van der Waals surface area contributed by atoms with Gasteiger partial charge in [-0.05, 0) is 23.7 Å². The van der Waals surface area contributed by atoms with Crippen LogP contribution in [0.2, 0.25) is 0 Å². The number of nitrogens with one attached hydrogen (secondary N) is 1. The van der Waals surface area contributed by atoms with Gasteiger partial charge in [-0.3, -0.25) is 9.59 Å². The van der Waals surface area contributed by atoms with Gasteiger partial charge in [-0.2, -0.15) is 0 Å². The number of amides is 2. The van der Waals surface area contributed by atoms with Gasteiger partial charge >= 0.3 is 0 Å². The summed E-state index contributed by atoms with van der Waals surface area (Å²) in [5, 5.41) is 2.93. The molecule has 0 spiro atoms. The maximum Gasteiger partial charge on any atom is 0.246 e. The summed E-state index contributed by atoms with van der Waals surface area (Å²) >= 11 is 0. The Morgan fingerprint density at radius 3 is 2.30 bits per heavy atom. The summed E-state index contributed by atoms with van der Waals surface area (Å²) in [5.74, 6) is 1.01. The first-order chi connectivity index (χ1) is 9.21. The molecule has 2 fully saturated rings. The van der Waals surface area contributed by atoms with Crippen LogP contribution < -0.4 is 5.32 Å². The van der Waals surface area contributed by atoms with Crippen molar-refractivity contribution in [1.29, 1.82) is 0 Å². The molecule has 1 heterocycles. The molecule has 2 unspecified atom stereocenters. The standard InChI is InChI=1S/C16H28N2O2/c1-10(2)12-15(20)18(9-8-11-6-7-11)13(14(19)17-12)16(3,4)5/h10-13H,6-9H2,1-5H3,(H,17,19). The van der Waals surface area contributed by atoms with Crippen LogP contribution in [0, 0.1) is 17.3 Å². The van der Waals surface area contributed by atoms with Crippen LogP contribution in [0.5, 0.6) is 0 Å². The number of carbonyl (C=O) groups excluding carboxylic acids is 2. The number of rotatable bonds is 4. The van der Waals surface area contributed by atoms with Crippen molar-refractivity contribution in [3.05, 3.63) is 0 Å². The normalized spacial score (nSPS) is 28.0. The van der Waals surface area contributed by atoms with Crippen LogP contribution in [0.4, 0.5) is 0 Å². The molecule has 0 radical (unpaired) electrons. The van der Waals surface area contributed by atoms with Crippen molar-refractivity contribution < 1.29 is 9.59 Å². The van der Waals surface area contributed by atoms with Crippen LogP contribution in [0.3, 0.4) is 0 Å². The summed E-state index contributed by atoms with van der Waals surface area (Å²) in [6.07, 6.45) is 3.60. The Balaban J connectivity index is 2.19. The third kappa shape index (κ3) is 3.15. The van der Waals surface area contributed by atoms with Gasteiger partial charge in [0, 0.05) is 6.54 Å². The second kappa shape index (κ2) is 5.38. The molecule has 0 aromatic carbocycles. The third-order valence-electron chi connectivity index (χ3n) is 4.37. The number of piperazine rings is 1. The molecule has 4 nitrogen and oxygen atoms in total. The van der Waals surface area contributed by atoms with E-state index in [-0.39, 0.29) is 35.2 Å². The van der Waals surface area contributed by atoms with Crippen molar-refractivity contribution in [1.82, 2.24) is 10.2 Å². The third-order valence-corrected chi connectivity index (χ3v) is 4.37. The fourth-order valence-corrected chi connectivity index (χ4v) is 3.02. The SMILES string of the molecule is CC(C)C1NC(=O)C(C(C)(C)C)N(CCC2CC2)C1=O. The van der Waals surface area contributed by atoms with Gasteiger partial charge in [0.15, 0.2) is 0 Å². The van der Waals surface area contributed by atoms with Crippen molar-refractivity contribution in [3.8, 4) is 0 Å². The Morgan fingerprint density at radius 1 is 1.25 bits per heavy atom. The first-order valence-corrected chi connectivity index (χ1v) is 7.82. The first kappa shape index (κ1) is 15.3. The minimum absolute atomic E-state index is 0.00611. The molecule has 114 valence electrons. The highest BCUT2D eigenvalue weighted by molar-refractivity contribution is 5.97. The average Bonchev–Trinajstić information content (AvgIpc) is 3.11. The van der Waals surface area contributed by atoms with Gasteiger partial charge in [0.2, 0.25) is 11.8 Å². The Labute approximate surface area is 122 Å². The highest BCUT2D eigenvalue weighted by atomic mass is 16.2. The van der Waals surface area contributed by atoms with Crippen LogP contribution in [0.15, 0.2) is 0 Å². The molecule has 2 atom stereocenters. The quantitative estimate of drug-likeness (QED) is 0.858. The number of nitrogens with zero attached hydrogens (tertiary/aromatic N) is 1. The van der Waals surface area contributed by atoms with E-state index in [2.05, 4.69) is 5.32 Å². The summed E-state index contributed by atoms with van der Waals surface area (Å²) in [6.45, 7) is 10.8. The lowest BCUT2D eigenvalue weighted by atomic mass is 9.82. The van der Waals surface area contributed by atoms with Crippen molar-refractivity contribution in [3.63, 3.8) is 0 Å². The number of hydrogen-bond donors (Lipinski definition) is 1. The van der Waals surface area contributed by atoms with E-state index < -0.39 is 0 Å². The van der Waals surface area contributed by atoms with Crippen LogP contribution in [-0.4, -0.2) is 35.3 Å². The first-order valence-electron chi connectivity index (χ1n) is 7.82. The predicted octanol–water partition coefficient (Wildman–Crippen LogP) is 2.18. The lowest BCUT2D eigenvalue weighted by molar-refractivity contribution is -0.155. The topological polar surface area (TPSA) is 49.4 Å². The van der Waals surface area contributed by atoms with E-state index in [9.17, 15) is 9.59 Å². The minimum Gasteiger partial charge on any atom is -0.342 e. The minimum atomic E-state index is -0.361. The van der Waals surface area contributed by atoms with Crippen molar-refractivity contribution in [2.45, 2.75) is 66.0 Å². The molecule has 1 saturated carbocycles. The largest absolute Gasteiger partial charge is 0.342 e. The Hall–Kier alpha value is -1.06. The summed E-state index contributed by atoms with van der Waals surface area (Å²) in [4.78, 5) is 27.0. The molecule has 2 rings (SSSR count). The van der Waals surface area contributed by atoms with Crippen molar-refractivity contribution in [2.75, 3.05) is 6.54 Å². The summed E-state index contributed by atoms with van der Waals surface area (Å²) < 4.78 is 0. The van der Waals surface area contributed by atoms with E-state index in [0.29, 0.717) is 0 Å². The summed E-state index contributed by atoms with van der Waals surface area (Å²) in [5.41, 5.74) is -0.231. The van der Waals surface area contributed by atoms with Crippen LogP contribution in [0.1, 0.15) is 53.9 Å². The number of hydrogen-bond acceptors (Lipinski definition) is 2. The molecule has 0 aromatic rings. The second-order valence-corrected chi connectivity index (χ2v) is 7.76. The smallest absolute Gasteiger partial charge is 0.246 e. The van der Waals surface area contributed by atoms with Crippen LogP contribution >= 0.6 is 0 Å². The molecule has 0 aromatic heterocycles. The van der Waals surface area contributed by atoms with E-state index in [1.54, 1.807) is 0 Å². The number of carbonyl (C=O) groups is 2. The molecule has 1 aliphatic heterocycles. The zero-order chi connectivity index (χ0) is 15.1. The zero-order valence-corrected chi connectivity index (χ0v) is 13.4. The van der Waals surface area contributed by atoms with E-state index in [4.69, 9.17) is 0 Å². The van der Waals surface area contributed by atoms with Crippen LogP contribution in [-0.2, 0) is 9.59 Å². The molecule has 4 heteroatoms. The van der Waals surface area contributed by atoms with E-state index in [1.165, 1.54) is 12.8 Å². The molecule has 1 N–H and O–H groups in total. The highest BCUT2D eigenvalue weighted by Gasteiger charge is 2.46. The van der Waals surface area contributed by atoms with Crippen molar-refractivity contribution >= 4 is 11.8 Å². The van der Waals surface area contributed by atoms with Gasteiger partial charge < -0.3 is 10.2 Å². The van der Waals surface area contributed by atoms with Gasteiger partial charge in [0.25, 0.3) is 0 Å². The van der Waals surface area contributed by atoms with Gasteiger partial charge in [-0.25, -0.2) is 0 Å². The Kier molecular flexibility index (Phi) is 4.12. The van der Waals surface area contributed by atoms with Gasteiger partial charge in [-0.15, -0.1) is 0 Å². The summed E-state index contributed by atoms with van der Waals surface area (Å²) in [6, 6.07) is -0.705. The Bertz CT molecular complexity index is 394. The monoisotopic (exact) mass is 280 g/mol. The van der Waals surface area contributed by atoms with Crippen molar-refractivity contribution in [2.24, 2.45) is 17.3 Å². The van der Waals surface area contributed by atoms with Gasteiger partial charge in [0.05, 0.1) is 0 Å². The summed E-state index contributed by atoms with van der Waals surface area (Å²) in [7, 11) is 0. The van der Waals surface area contributed by atoms with Crippen LogP contribution in [0.25, 0.3) is 0 Å². The molecule has 2 aliphatic rings. The molecular formula is C16H28N2O2. The lowest BCUT2D eigenvalue weighted by Gasteiger charge is -2.45.